The van der Waals surface area contributed by atoms with Gasteiger partial charge in [0.2, 0.25) is 11.6 Å². The van der Waals surface area contributed by atoms with E-state index in [9.17, 15) is 10.1 Å². The minimum Gasteiger partial charge on any atom is -0.431 e. The lowest BCUT2D eigenvalue weighted by molar-refractivity contribution is -0.386. The Morgan fingerprint density at radius 3 is 2.84 bits per heavy atom. The molecule has 0 aliphatic heterocycles. The summed E-state index contributed by atoms with van der Waals surface area (Å²) >= 11 is 3.33. The van der Waals surface area contributed by atoms with Crippen molar-refractivity contribution in [2.24, 2.45) is 0 Å². The van der Waals surface area contributed by atoms with Gasteiger partial charge in [0.25, 0.3) is 0 Å². The molecule has 1 aromatic heterocycles. The zero-order valence-electron chi connectivity index (χ0n) is 10.2. The number of aryl methyl sites for hydroxylation is 1. The van der Waals surface area contributed by atoms with E-state index in [2.05, 4.69) is 20.9 Å². The van der Waals surface area contributed by atoms with Crippen LogP contribution in [0, 0.1) is 17.0 Å². The number of ether oxygens (including phenoxy) is 1. The summed E-state index contributed by atoms with van der Waals surface area (Å²) < 4.78 is 5.59. The average molecular weight is 323 g/mol. The van der Waals surface area contributed by atoms with E-state index >= 15 is 0 Å². The van der Waals surface area contributed by atoms with Crippen molar-refractivity contribution in [3.05, 3.63) is 57.8 Å². The number of para-hydroxylation sites is 1. The minimum absolute atomic E-state index is 0.0336. The summed E-state index contributed by atoms with van der Waals surface area (Å²) in [6.07, 6.45) is 1.59. The van der Waals surface area contributed by atoms with E-state index in [4.69, 9.17) is 4.74 Å². The fourth-order valence-electron chi connectivity index (χ4n) is 1.67. The number of nitro groups is 1. The highest BCUT2D eigenvalue weighted by atomic mass is 79.9. The summed E-state index contributed by atoms with van der Waals surface area (Å²) in [7, 11) is 0. The van der Waals surface area contributed by atoms with Gasteiger partial charge in [-0.3, -0.25) is 10.1 Å². The maximum Gasteiger partial charge on any atom is 0.314 e. The van der Waals surface area contributed by atoms with Crippen LogP contribution in [0.5, 0.6) is 11.6 Å². The number of nitrogens with zero attached hydrogens (tertiary/aromatic N) is 2. The van der Waals surface area contributed by atoms with Crippen molar-refractivity contribution in [1.82, 2.24) is 4.98 Å². The van der Waals surface area contributed by atoms with E-state index in [0.29, 0.717) is 16.8 Å². The highest BCUT2D eigenvalue weighted by Crippen LogP contribution is 2.34. The van der Waals surface area contributed by atoms with Crippen molar-refractivity contribution in [1.29, 1.82) is 0 Å². The van der Waals surface area contributed by atoms with Crippen LogP contribution in [0.4, 0.5) is 5.69 Å². The molecule has 0 spiro atoms. The van der Waals surface area contributed by atoms with Gasteiger partial charge in [-0.15, -0.1) is 0 Å². The highest BCUT2D eigenvalue weighted by Gasteiger charge is 2.19. The molecule has 0 bridgehead atoms. The molecule has 1 heterocycles. The smallest absolute Gasteiger partial charge is 0.314 e. The molecule has 6 heteroatoms. The number of nitro benzene ring substituents is 1. The summed E-state index contributed by atoms with van der Waals surface area (Å²) in [5.74, 6) is 0.568. The summed E-state index contributed by atoms with van der Waals surface area (Å²) in [5, 5.41) is 11.6. The molecule has 98 valence electrons. The standard InChI is InChI=1S/C13H11BrN2O3/c1-9-4-2-6-11(12(9)16(17)18)19-13-10(8-14)5-3-7-15-13/h2-7H,8H2,1H3. The number of pyridine rings is 1. The van der Waals surface area contributed by atoms with Gasteiger partial charge in [-0.25, -0.2) is 4.98 Å². The third kappa shape index (κ3) is 2.90. The molecule has 0 amide bonds. The van der Waals surface area contributed by atoms with Crippen molar-refractivity contribution < 1.29 is 9.66 Å². The fourth-order valence-corrected chi connectivity index (χ4v) is 2.10. The summed E-state index contributed by atoms with van der Waals surface area (Å²) in [6, 6.07) is 8.59. The Hall–Kier alpha value is -1.95. The zero-order valence-corrected chi connectivity index (χ0v) is 11.8. The Morgan fingerprint density at radius 2 is 2.16 bits per heavy atom. The van der Waals surface area contributed by atoms with Crippen LogP contribution in [0.15, 0.2) is 36.5 Å². The Kier molecular flexibility index (Phi) is 4.11. The minimum atomic E-state index is -0.443. The third-order valence-corrected chi connectivity index (χ3v) is 3.19. The van der Waals surface area contributed by atoms with Crippen LogP contribution in [-0.4, -0.2) is 9.91 Å². The predicted molar refractivity (Wildman–Crippen MR) is 74.8 cm³/mol. The molecule has 0 aliphatic carbocycles. The lowest BCUT2D eigenvalue weighted by Crippen LogP contribution is -1.98. The predicted octanol–water partition coefficient (Wildman–Crippen LogP) is 3.99. The van der Waals surface area contributed by atoms with Crippen molar-refractivity contribution >= 4 is 21.6 Å². The fraction of sp³-hybridized carbons (Fsp3) is 0.154. The van der Waals surface area contributed by atoms with Crippen molar-refractivity contribution in [3.8, 4) is 11.6 Å². The summed E-state index contributed by atoms with van der Waals surface area (Å²) in [4.78, 5) is 14.7. The molecule has 0 aliphatic rings. The molecule has 19 heavy (non-hydrogen) atoms. The first-order chi connectivity index (χ1) is 9.13. The molecule has 0 fully saturated rings. The van der Waals surface area contributed by atoms with Crippen LogP contribution in [0.2, 0.25) is 0 Å². The first-order valence-electron chi connectivity index (χ1n) is 5.55. The van der Waals surface area contributed by atoms with Crippen LogP contribution in [-0.2, 0) is 5.33 Å². The largest absolute Gasteiger partial charge is 0.431 e. The van der Waals surface area contributed by atoms with Gasteiger partial charge in [0.15, 0.2) is 0 Å². The molecule has 0 unspecified atom stereocenters. The summed E-state index contributed by atoms with van der Waals surface area (Å²) in [6.45, 7) is 1.68. The number of benzene rings is 1. The van der Waals surface area contributed by atoms with E-state index < -0.39 is 4.92 Å². The van der Waals surface area contributed by atoms with Crippen LogP contribution in [0.25, 0.3) is 0 Å². The molecule has 2 aromatic rings. The zero-order chi connectivity index (χ0) is 13.8. The second kappa shape index (κ2) is 5.79. The Balaban J connectivity index is 2.44. The van der Waals surface area contributed by atoms with Crippen LogP contribution < -0.4 is 4.74 Å². The van der Waals surface area contributed by atoms with E-state index in [-0.39, 0.29) is 11.4 Å². The van der Waals surface area contributed by atoms with Gasteiger partial charge < -0.3 is 4.74 Å². The molecule has 1 aromatic carbocycles. The number of halogens is 1. The van der Waals surface area contributed by atoms with Crippen molar-refractivity contribution in [2.75, 3.05) is 0 Å². The molecule has 0 radical (unpaired) electrons. The lowest BCUT2D eigenvalue weighted by Gasteiger charge is -2.09. The Labute approximate surface area is 118 Å². The van der Waals surface area contributed by atoms with Gasteiger partial charge in [-0.1, -0.05) is 34.1 Å². The van der Waals surface area contributed by atoms with Crippen molar-refractivity contribution in [3.63, 3.8) is 0 Å². The van der Waals surface area contributed by atoms with Crippen LogP contribution in [0.3, 0.4) is 0 Å². The molecule has 0 saturated heterocycles. The molecule has 0 N–H and O–H groups in total. The van der Waals surface area contributed by atoms with E-state index in [0.717, 1.165) is 5.56 Å². The molecule has 2 rings (SSSR count). The van der Waals surface area contributed by atoms with Gasteiger partial charge in [-0.05, 0) is 19.1 Å². The monoisotopic (exact) mass is 322 g/mol. The van der Waals surface area contributed by atoms with Gasteiger partial charge in [0.05, 0.1) is 4.92 Å². The van der Waals surface area contributed by atoms with E-state index in [1.807, 2.05) is 6.07 Å². The van der Waals surface area contributed by atoms with Crippen LogP contribution >= 0.6 is 15.9 Å². The number of aromatic nitrogens is 1. The lowest BCUT2D eigenvalue weighted by atomic mass is 10.2. The third-order valence-electron chi connectivity index (χ3n) is 2.58. The topological polar surface area (TPSA) is 65.3 Å². The molecule has 0 atom stereocenters. The van der Waals surface area contributed by atoms with Crippen molar-refractivity contribution in [2.45, 2.75) is 12.3 Å². The molecule has 5 nitrogen and oxygen atoms in total. The maximum atomic E-state index is 11.1. The number of alkyl halides is 1. The van der Waals surface area contributed by atoms with Gasteiger partial charge in [-0.2, -0.15) is 0 Å². The SMILES string of the molecule is Cc1cccc(Oc2ncccc2CBr)c1[N+](=O)[O-]. The van der Waals surface area contributed by atoms with Gasteiger partial charge >= 0.3 is 5.69 Å². The quantitative estimate of drug-likeness (QED) is 0.485. The van der Waals surface area contributed by atoms with E-state index in [1.54, 1.807) is 37.4 Å². The second-order valence-corrected chi connectivity index (χ2v) is 4.44. The van der Waals surface area contributed by atoms with Crippen LogP contribution in [0.1, 0.15) is 11.1 Å². The number of rotatable bonds is 4. The average Bonchev–Trinajstić information content (AvgIpc) is 2.39. The van der Waals surface area contributed by atoms with E-state index in [1.165, 1.54) is 0 Å². The second-order valence-electron chi connectivity index (χ2n) is 3.88. The molecule has 0 saturated carbocycles. The highest BCUT2D eigenvalue weighted by molar-refractivity contribution is 9.08. The Morgan fingerprint density at radius 1 is 1.37 bits per heavy atom. The first-order valence-corrected chi connectivity index (χ1v) is 6.67. The normalized spacial score (nSPS) is 10.2. The molecular weight excluding hydrogens is 312 g/mol. The number of hydrogen-bond donors (Lipinski definition) is 0. The summed E-state index contributed by atoms with van der Waals surface area (Å²) in [5.41, 5.74) is 1.35. The van der Waals surface area contributed by atoms with Gasteiger partial charge in [0.1, 0.15) is 0 Å². The first kappa shape index (κ1) is 13.5. The van der Waals surface area contributed by atoms with Gasteiger partial charge in [0, 0.05) is 22.7 Å². The maximum absolute atomic E-state index is 11.1. The molecular formula is C13H11BrN2O3. The Bertz CT molecular complexity index is 617. The number of hydrogen-bond acceptors (Lipinski definition) is 4.